The zero-order valence-corrected chi connectivity index (χ0v) is 39.4. The smallest absolute Gasteiger partial charge is 0.180 e. The van der Waals surface area contributed by atoms with Crippen molar-refractivity contribution in [3.63, 3.8) is 0 Å². The summed E-state index contributed by atoms with van der Waals surface area (Å²) in [5.74, 6) is 0. The van der Waals surface area contributed by atoms with Gasteiger partial charge in [0, 0.05) is 16.8 Å². The van der Waals surface area contributed by atoms with Gasteiger partial charge in [0.05, 0.1) is 5.69 Å². The van der Waals surface area contributed by atoms with E-state index in [2.05, 4.69) is 278 Å². The Morgan fingerprint density at radius 2 is 0.657 bits per heavy atom. The standard InChI is InChI=1S/C68H45NSi/c1-3-18-53(19-4-1)70(54-20-5-2-6-21-54)67-30-16-15-29-63(67)64-42-36-49(45-68(64)70)47-33-39-52(40-34-47)69(66-44-50-17-7-8-22-55(50)56-23-13-14-28-62(56)66)51-37-31-46(32-38-51)48-35-41-61-59-26-10-9-24-57(59)58-25-11-12-27-60(58)65(61)43-48/h1-45H. The molecule has 1 aliphatic rings. The highest BCUT2D eigenvalue weighted by atomic mass is 28.3. The van der Waals surface area contributed by atoms with Crippen LogP contribution in [0, 0.1) is 0 Å². The maximum atomic E-state index is 2.52. The van der Waals surface area contributed by atoms with Crippen molar-refractivity contribution in [3.8, 4) is 33.4 Å². The van der Waals surface area contributed by atoms with Crippen molar-refractivity contribution in [2.24, 2.45) is 0 Å². The monoisotopic (exact) mass is 903 g/mol. The highest BCUT2D eigenvalue weighted by Crippen LogP contribution is 2.44. The van der Waals surface area contributed by atoms with Crippen molar-refractivity contribution in [1.82, 2.24) is 0 Å². The van der Waals surface area contributed by atoms with Crippen molar-refractivity contribution < 1.29 is 0 Å². The SMILES string of the molecule is c1ccc([Si]2(c3ccccc3)c3ccccc3-c3ccc(-c4ccc(N(c5ccc(-c6ccc7c8ccccc8c8ccccc8c7c6)cc5)c5cc6ccccc6c6ccccc56)cc4)cc32)cc1. The van der Waals surface area contributed by atoms with E-state index in [1.54, 1.807) is 0 Å². The lowest BCUT2D eigenvalue weighted by molar-refractivity contribution is 1.30. The molecule has 1 heterocycles. The minimum Gasteiger partial charge on any atom is -0.310 e. The van der Waals surface area contributed by atoms with Gasteiger partial charge in [-0.05, 0) is 139 Å². The van der Waals surface area contributed by atoms with Crippen LogP contribution in [0.25, 0.3) is 87.2 Å². The Balaban J connectivity index is 0.905. The Bertz CT molecular complexity index is 4090. The molecular weight excluding hydrogens is 859 g/mol. The number of hydrogen-bond acceptors (Lipinski definition) is 1. The van der Waals surface area contributed by atoms with Gasteiger partial charge in [0.15, 0.2) is 8.07 Å². The van der Waals surface area contributed by atoms with Crippen molar-refractivity contribution in [2.75, 3.05) is 4.90 Å². The number of rotatable bonds is 7. The van der Waals surface area contributed by atoms with Gasteiger partial charge < -0.3 is 4.90 Å². The molecule has 14 rings (SSSR count). The predicted molar refractivity (Wildman–Crippen MR) is 302 cm³/mol. The Kier molecular flexibility index (Phi) is 9.30. The summed E-state index contributed by atoms with van der Waals surface area (Å²) in [6, 6.07) is 102. The fraction of sp³-hybridized carbons (Fsp3) is 0. The summed E-state index contributed by atoms with van der Waals surface area (Å²) < 4.78 is 0. The second-order valence-corrected chi connectivity index (χ2v) is 22.5. The molecule has 0 aliphatic carbocycles. The molecule has 0 saturated heterocycles. The average Bonchev–Trinajstić information content (AvgIpc) is 3.74. The van der Waals surface area contributed by atoms with Crippen LogP contribution in [0.4, 0.5) is 17.1 Å². The van der Waals surface area contributed by atoms with E-state index in [-0.39, 0.29) is 0 Å². The van der Waals surface area contributed by atoms with Crippen molar-refractivity contribution >= 4 is 99.7 Å². The third-order valence-electron chi connectivity index (χ3n) is 15.1. The first-order valence-electron chi connectivity index (χ1n) is 24.3. The lowest BCUT2D eigenvalue weighted by atomic mass is 9.92. The molecule has 0 bridgehead atoms. The molecule has 0 spiro atoms. The van der Waals surface area contributed by atoms with Crippen LogP contribution in [0.2, 0.25) is 0 Å². The van der Waals surface area contributed by atoms with Gasteiger partial charge >= 0.3 is 0 Å². The van der Waals surface area contributed by atoms with Gasteiger partial charge in [-0.1, -0.05) is 237 Å². The lowest BCUT2D eigenvalue weighted by Crippen LogP contribution is -2.72. The van der Waals surface area contributed by atoms with E-state index in [9.17, 15) is 0 Å². The largest absolute Gasteiger partial charge is 0.310 e. The van der Waals surface area contributed by atoms with Gasteiger partial charge in [-0.3, -0.25) is 0 Å². The fourth-order valence-corrected chi connectivity index (χ4v) is 17.2. The highest BCUT2D eigenvalue weighted by molar-refractivity contribution is 7.22. The molecule has 2 heteroatoms. The molecule has 13 aromatic rings. The molecule has 0 saturated carbocycles. The lowest BCUT2D eigenvalue weighted by Gasteiger charge is -2.31. The summed E-state index contributed by atoms with van der Waals surface area (Å²) in [5.41, 5.74) is 10.9. The molecular formula is C68H45NSi. The van der Waals surface area contributed by atoms with E-state index in [0.29, 0.717) is 0 Å². The second kappa shape index (κ2) is 16.2. The van der Waals surface area contributed by atoms with Crippen LogP contribution in [0.1, 0.15) is 0 Å². The number of fused-ring (bicyclic) bond motifs is 12. The summed E-state index contributed by atoms with van der Waals surface area (Å²) in [4.78, 5) is 2.45. The summed E-state index contributed by atoms with van der Waals surface area (Å²) in [6.45, 7) is 0. The third-order valence-corrected chi connectivity index (χ3v) is 20.0. The highest BCUT2D eigenvalue weighted by Gasteiger charge is 2.48. The normalized spacial score (nSPS) is 12.7. The molecule has 13 aromatic carbocycles. The number of hydrogen-bond donors (Lipinski definition) is 0. The van der Waals surface area contributed by atoms with Gasteiger partial charge in [0.1, 0.15) is 0 Å². The van der Waals surface area contributed by atoms with Gasteiger partial charge in [0.25, 0.3) is 0 Å². The van der Waals surface area contributed by atoms with Crippen LogP contribution in [-0.4, -0.2) is 8.07 Å². The van der Waals surface area contributed by atoms with Crippen LogP contribution in [-0.2, 0) is 0 Å². The van der Waals surface area contributed by atoms with Crippen LogP contribution < -0.4 is 25.6 Å². The van der Waals surface area contributed by atoms with Crippen LogP contribution in [0.15, 0.2) is 273 Å². The van der Waals surface area contributed by atoms with Crippen molar-refractivity contribution in [3.05, 3.63) is 273 Å². The second-order valence-electron chi connectivity index (χ2n) is 18.7. The van der Waals surface area contributed by atoms with Gasteiger partial charge in [-0.25, -0.2) is 0 Å². The molecule has 0 fully saturated rings. The van der Waals surface area contributed by atoms with Gasteiger partial charge in [0.2, 0.25) is 0 Å². The summed E-state index contributed by atoms with van der Waals surface area (Å²) in [5, 5.41) is 18.4. The molecule has 326 valence electrons. The van der Waals surface area contributed by atoms with E-state index < -0.39 is 8.07 Å². The maximum absolute atomic E-state index is 2.63. The van der Waals surface area contributed by atoms with E-state index in [4.69, 9.17) is 0 Å². The first-order chi connectivity index (χ1) is 34.7. The van der Waals surface area contributed by atoms with E-state index >= 15 is 0 Å². The molecule has 0 unspecified atom stereocenters. The Hall–Kier alpha value is -8.82. The molecule has 1 nitrogen and oxygen atoms in total. The van der Waals surface area contributed by atoms with E-state index in [1.165, 1.54) is 108 Å². The minimum atomic E-state index is -2.63. The van der Waals surface area contributed by atoms with Gasteiger partial charge in [-0.2, -0.15) is 0 Å². The number of nitrogens with zero attached hydrogens (tertiary/aromatic N) is 1. The Labute approximate surface area is 408 Å². The third kappa shape index (κ3) is 6.17. The predicted octanol–water partition coefficient (Wildman–Crippen LogP) is 15.6. The molecule has 0 atom stereocenters. The van der Waals surface area contributed by atoms with Crippen LogP contribution in [0.3, 0.4) is 0 Å². The van der Waals surface area contributed by atoms with Crippen LogP contribution in [0.5, 0.6) is 0 Å². The van der Waals surface area contributed by atoms with Gasteiger partial charge in [-0.15, -0.1) is 0 Å². The number of benzene rings is 13. The zero-order chi connectivity index (χ0) is 46.2. The molecule has 70 heavy (non-hydrogen) atoms. The minimum absolute atomic E-state index is 1.10. The maximum Gasteiger partial charge on any atom is 0.180 e. The van der Waals surface area contributed by atoms with Crippen molar-refractivity contribution in [2.45, 2.75) is 0 Å². The Morgan fingerprint density at radius 3 is 1.26 bits per heavy atom. The molecule has 0 radical (unpaired) electrons. The van der Waals surface area contributed by atoms with Crippen LogP contribution >= 0.6 is 0 Å². The molecule has 0 aromatic heterocycles. The van der Waals surface area contributed by atoms with E-state index in [1.807, 2.05) is 0 Å². The summed E-state index contributed by atoms with van der Waals surface area (Å²) in [7, 11) is -2.63. The number of anilines is 3. The summed E-state index contributed by atoms with van der Waals surface area (Å²) >= 11 is 0. The average molecular weight is 904 g/mol. The van der Waals surface area contributed by atoms with Crippen molar-refractivity contribution in [1.29, 1.82) is 0 Å². The first-order valence-corrected chi connectivity index (χ1v) is 26.3. The molecule has 1 aliphatic heterocycles. The molecule has 0 N–H and O–H groups in total. The molecule has 0 amide bonds. The zero-order valence-electron chi connectivity index (χ0n) is 38.4. The van der Waals surface area contributed by atoms with E-state index in [0.717, 1.165) is 17.1 Å². The summed E-state index contributed by atoms with van der Waals surface area (Å²) in [6.07, 6.45) is 0. The quantitative estimate of drug-likeness (QED) is 0.114. The first kappa shape index (κ1) is 40.3. The Morgan fingerprint density at radius 1 is 0.243 bits per heavy atom. The topological polar surface area (TPSA) is 3.24 Å². The fourth-order valence-electron chi connectivity index (χ4n) is 12.0.